The molecule has 0 aliphatic rings. The molecule has 1 aromatic carbocycles. The minimum Gasteiger partial charge on any atom is -0.264 e. The Morgan fingerprint density at radius 1 is 1.04 bits per heavy atom. The molecule has 0 radical (unpaired) electrons. The number of nitrogens with one attached hydrogen (secondary N) is 1. The van der Waals surface area contributed by atoms with Crippen LogP contribution < -0.4 is 4.72 Å². The second-order valence-electron chi connectivity index (χ2n) is 5.85. The standard InChI is InChI=1S/C19H19N3O2S/c1-14-7-8-15(2)18(11-14)25(23,24)22-13-17-6-4-10-21-19(17)16-5-3-9-20-12-16/h3-12,22H,13H2,1-2H3. The third-order valence-electron chi connectivity index (χ3n) is 3.91. The largest absolute Gasteiger partial charge is 0.264 e. The number of hydrogen-bond donors (Lipinski definition) is 1. The molecular weight excluding hydrogens is 334 g/mol. The quantitative estimate of drug-likeness (QED) is 0.764. The Morgan fingerprint density at radius 3 is 2.60 bits per heavy atom. The summed E-state index contributed by atoms with van der Waals surface area (Å²) in [6.45, 7) is 3.83. The monoisotopic (exact) mass is 353 g/mol. The van der Waals surface area contributed by atoms with Gasteiger partial charge < -0.3 is 0 Å². The van der Waals surface area contributed by atoms with E-state index in [1.807, 2.05) is 37.3 Å². The zero-order valence-electron chi connectivity index (χ0n) is 14.1. The smallest absolute Gasteiger partial charge is 0.241 e. The number of hydrogen-bond acceptors (Lipinski definition) is 4. The highest BCUT2D eigenvalue weighted by Gasteiger charge is 2.17. The van der Waals surface area contributed by atoms with Crippen molar-refractivity contribution < 1.29 is 8.42 Å². The van der Waals surface area contributed by atoms with Crippen LogP contribution in [-0.2, 0) is 16.6 Å². The molecule has 25 heavy (non-hydrogen) atoms. The Labute approximate surface area is 147 Å². The van der Waals surface area contributed by atoms with Crippen molar-refractivity contribution in [3.05, 3.63) is 77.7 Å². The summed E-state index contributed by atoms with van der Waals surface area (Å²) in [5.74, 6) is 0. The van der Waals surface area contributed by atoms with E-state index in [0.717, 1.165) is 27.9 Å². The van der Waals surface area contributed by atoms with Crippen molar-refractivity contribution in [2.75, 3.05) is 0 Å². The van der Waals surface area contributed by atoms with Gasteiger partial charge in [-0.15, -0.1) is 0 Å². The number of aryl methyl sites for hydroxylation is 2. The predicted octanol–water partition coefficient (Wildman–Crippen LogP) is 3.24. The van der Waals surface area contributed by atoms with Gasteiger partial charge in [-0.05, 0) is 54.8 Å². The van der Waals surface area contributed by atoms with Gasteiger partial charge in [0, 0.05) is 30.7 Å². The fraction of sp³-hybridized carbons (Fsp3) is 0.158. The molecule has 0 aliphatic carbocycles. The van der Waals surface area contributed by atoms with Gasteiger partial charge in [0.2, 0.25) is 10.0 Å². The van der Waals surface area contributed by atoms with E-state index in [0.29, 0.717) is 4.90 Å². The van der Waals surface area contributed by atoms with E-state index in [9.17, 15) is 8.42 Å². The van der Waals surface area contributed by atoms with Gasteiger partial charge >= 0.3 is 0 Å². The van der Waals surface area contributed by atoms with Gasteiger partial charge in [0.15, 0.2) is 0 Å². The maximum atomic E-state index is 12.7. The topological polar surface area (TPSA) is 72.0 Å². The highest BCUT2D eigenvalue weighted by atomic mass is 32.2. The van der Waals surface area contributed by atoms with E-state index >= 15 is 0 Å². The molecule has 6 heteroatoms. The molecule has 0 amide bonds. The lowest BCUT2D eigenvalue weighted by Gasteiger charge is -2.12. The molecule has 0 bridgehead atoms. The van der Waals surface area contributed by atoms with Crippen molar-refractivity contribution in [3.8, 4) is 11.3 Å². The molecule has 0 spiro atoms. The number of nitrogens with zero attached hydrogens (tertiary/aromatic N) is 2. The van der Waals surface area contributed by atoms with E-state index in [4.69, 9.17) is 0 Å². The summed E-state index contributed by atoms with van der Waals surface area (Å²) in [4.78, 5) is 8.79. The minimum absolute atomic E-state index is 0.160. The van der Waals surface area contributed by atoms with Crippen LogP contribution in [0.5, 0.6) is 0 Å². The first-order chi connectivity index (χ1) is 12.0. The molecule has 0 saturated heterocycles. The van der Waals surface area contributed by atoms with Crippen molar-refractivity contribution >= 4 is 10.0 Å². The molecule has 2 aromatic heterocycles. The number of sulfonamides is 1. The first-order valence-electron chi connectivity index (χ1n) is 7.88. The van der Waals surface area contributed by atoms with Crippen LogP contribution in [0.4, 0.5) is 0 Å². The van der Waals surface area contributed by atoms with Crippen molar-refractivity contribution in [2.24, 2.45) is 0 Å². The van der Waals surface area contributed by atoms with Gasteiger partial charge in [-0.1, -0.05) is 18.2 Å². The first-order valence-corrected chi connectivity index (χ1v) is 9.37. The summed E-state index contributed by atoms with van der Waals surface area (Å²) in [5, 5.41) is 0. The zero-order chi connectivity index (χ0) is 17.9. The van der Waals surface area contributed by atoms with Gasteiger partial charge in [0.25, 0.3) is 0 Å². The Kier molecular flexibility index (Phi) is 4.92. The highest BCUT2D eigenvalue weighted by Crippen LogP contribution is 2.21. The van der Waals surface area contributed by atoms with E-state index < -0.39 is 10.0 Å². The van der Waals surface area contributed by atoms with E-state index in [2.05, 4.69) is 14.7 Å². The van der Waals surface area contributed by atoms with Crippen molar-refractivity contribution in [1.82, 2.24) is 14.7 Å². The first kappa shape index (κ1) is 17.3. The van der Waals surface area contributed by atoms with Crippen LogP contribution in [0.15, 0.2) is 66.0 Å². The fourth-order valence-electron chi connectivity index (χ4n) is 2.59. The van der Waals surface area contributed by atoms with Crippen LogP contribution >= 0.6 is 0 Å². The summed E-state index contributed by atoms with van der Waals surface area (Å²) in [7, 11) is -3.60. The van der Waals surface area contributed by atoms with Gasteiger partial charge in [-0.3, -0.25) is 9.97 Å². The molecule has 0 fully saturated rings. The molecule has 0 unspecified atom stereocenters. The molecule has 128 valence electrons. The lowest BCUT2D eigenvalue weighted by Crippen LogP contribution is -2.24. The van der Waals surface area contributed by atoms with Gasteiger partial charge in [0.1, 0.15) is 0 Å². The van der Waals surface area contributed by atoms with Crippen molar-refractivity contribution in [3.63, 3.8) is 0 Å². The highest BCUT2D eigenvalue weighted by molar-refractivity contribution is 7.89. The van der Waals surface area contributed by atoms with Crippen LogP contribution in [0.3, 0.4) is 0 Å². The third-order valence-corrected chi connectivity index (χ3v) is 5.46. The SMILES string of the molecule is Cc1ccc(C)c(S(=O)(=O)NCc2cccnc2-c2cccnc2)c1. The summed E-state index contributed by atoms with van der Waals surface area (Å²) in [6.07, 6.45) is 5.09. The molecule has 0 aliphatic heterocycles. The number of pyridine rings is 2. The van der Waals surface area contributed by atoms with Gasteiger partial charge in [-0.2, -0.15) is 0 Å². The Balaban J connectivity index is 1.88. The van der Waals surface area contributed by atoms with Crippen molar-refractivity contribution in [1.29, 1.82) is 0 Å². The minimum atomic E-state index is -3.60. The molecule has 3 rings (SSSR count). The number of rotatable bonds is 5. The Bertz CT molecular complexity index is 987. The maximum Gasteiger partial charge on any atom is 0.241 e. The average molecular weight is 353 g/mol. The van der Waals surface area contributed by atoms with Gasteiger partial charge in [-0.25, -0.2) is 13.1 Å². The van der Waals surface area contributed by atoms with Crippen LogP contribution in [0.25, 0.3) is 11.3 Å². The predicted molar refractivity (Wildman–Crippen MR) is 97.4 cm³/mol. The molecule has 0 saturated carbocycles. The normalized spacial score (nSPS) is 11.4. The number of benzene rings is 1. The Hall–Kier alpha value is -2.57. The second-order valence-corrected chi connectivity index (χ2v) is 7.58. The van der Waals surface area contributed by atoms with Crippen molar-refractivity contribution in [2.45, 2.75) is 25.3 Å². The maximum absolute atomic E-state index is 12.7. The molecule has 3 aromatic rings. The third kappa shape index (κ3) is 3.92. The molecule has 1 N–H and O–H groups in total. The van der Waals surface area contributed by atoms with Crippen LogP contribution in [-0.4, -0.2) is 18.4 Å². The fourth-order valence-corrected chi connectivity index (χ4v) is 3.93. The van der Waals surface area contributed by atoms with E-state index in [-0.39, 0.29) is 6.54 Å². The number of aromatic nitrogens is 2. The summed E-state index contributed by atoms with van der Waals surface area (Å²) in [6, 6.07) is 12.8. The molecule has 2 heterocycles. The van der Waals surface area contributed by atoms with Crippen LogP contribution in [0.2, 0.25) is 0 Å². The molecule has 0 atom stereocenters. The summed E-state index contributed by atoms with van der Waals surface area (Å²) in [5.41, 5.74) is 3.99. The average Bonchev–Trinajstić information content (AvgIpc) is 2.63. The molecule has 5 nitrogen and oxygen atoms in total. The zero-order valence-corrected chi connectivity index (χ0v) is 14.9. The second kappa shape index (κ2) is 7.13. The summed E-state index contributed by atoms with van der Waals surface area (Å²) >= 11 is 0. The molecular formula is C19H19N3O2S. The lowest BCUT2D eigenvalue weighted by molar-refractivity contribution is 0.580. The summed E-state index contributed by atoms with van der Waals surface area (Å²) < 4.78 is 28.0. The van der Waals surface area contributed by atoms with Crippen LogP contribution in [0, 0.1) is 13.8 Å². The van der Waals surface area contributed by atoms with E-state index in [1.165, 1.54) is 0 Å². The lowest BCUT2D eigenvalue weighted by atomic mass is 10.1. The van der Waals surface area contributed by atoms with Crippen LogP contribution in [0.1, 0.15) is 16.7 Å². The van der Waals surface area contributed by atoms with E-state index in [1.54, 1.807) is 37.6 Å². The van der Waals surface area contributed by atoms with Gasteiger partial charge in [0.05, 0.1) is 10.6 Å². The Morgan fingerprint density at radius 2 is 1.84 bits per heavy atom.